The monoisotopic (exact) mass is 412 g/mol. The Hall–Kier alpha value is -1.58. The highest BCUT2D eigenvalue weighted by atomic mass is 32.2. The molecule has 1 aromatic carbocycles. The highest BCUT2D eigenvalue weighted by Gasteiger charge is 2.33. The summed E-state index contributed by atoms with van der Waals surface area (Å²) in [4.78, 5) is 24.8. The summed E-state index contributed by atoms with van der Waals surface area (Å²) in [6, 6.07) is 4.87. The molecule has 2 heterocycles. The number of nitrogens with zero attached hydrogens (tertiary/aromatic N) is 1. The molecule has 0 saturated carbocycles. The molecule has 2 aliphatic heterocycles. The van der Waals surface area contributed by atoms with E-state index in [1.54, 1.807) is 30.8 Å². The SMILES string of the molecule is CCOC(=O)C1CCN(S(=O)(=O)c2ccc3c(c2)NC(=O)C[C@H](C)S3)CC1. The van der Waals surface area contributed by atoms with Crippen LogP contribution in [-0.2, 0) is 24.3 Å². The normalized spacial score (nSPS) is 21.9. The number of hydrogen-bond donors (Lipinski definition) is 1. The number of rotatable bonds is 4. The number of ether oxygens (including phenoxy) is 1. The summed E-state index contributed by atoms with van der Waals surface area (Å²) < 4.78 is 32.4. The van der Waals surface area contributed by atoms with E-state index in [1.807, 2.05) is 6.92 Å². The van der Waals surface area contributed by atoms with Gasteiger partial charge in [-0.2, -0.15) is 4.31 Å². The van der Waals surface area contributed by atoms with Crippen molar-refractivity contribution in [1.82, 2.24) is 4.31 Å². The first-order valence-electron chi connectivity index (χ1n) is 9.08. The topological polar surface area (TPSA) is 92.8 Å². The molecule has 0 radical (unpaired) electrons. The number of piperidine rings is 1. The number of carbonyl (C=O) groups excluding carboxylic acids is 2. The Balaban J connectivity index is 1.76. The van der Waals surface area contributed by atoms with Crippen LogP contribution in [-0.4, -0.2) is 49.5 Å². The minimum atomic E-state index is -3.68. The van der Waals surface area contributed by atoms with Gasteiger partial charge in [0.15, 0.2) is 0 Å². The fraction of sp³-hybridized carbons (Fsp3) is 0.556. The Morgan fingerprint density at radius 3 is 2.70 bits per heavy atom. The number of fused-ring (bicyclic) bond motifs is 1. The lowest BCUT2D eigenvalue weighted by molar-refractivity contribution is -0.149. The van der Waals surface area contributed by atoms with E-state index in [1.165, 1.54) is 10.4 Å². The van der Waals surface area contributed by atoms with E-state index in [0.717, 1.165) is 4.90 Å². The fourth-order valence-electron chi connectivity index (χ4n) is 3.33. The molecule has 148 valence electrons. The van der Waals surface area contributed by atoms with Gasteiger partial charge in [-0.15, -0.1) is 11.8 Å². The zero-order valence-electron chi connectivity index (χ0n) is 15.4. The number of esters is 1. The fourth-order valence-corrected chi connectivity index (χ4v) is 5.88. The first kappa shape index (κ1) is 20.2. The molecule has 2 aliphatic rings. The number of sulfonamides is 1. The second-order valence-electron chi connectivity index (χ2n) is 6.77. The van der Waals surface area contributed by atoms with Gasteiger partial charge in [0.05, 0.1) is 23.1 Å². The Morgan fingerprint density at radius 1 is 1.33 bits per heavy atom. The van der Waals surface area contributed by atoms with Crippen molar-refractivity contribution in [2.45, 2.75) is 48.2 Å². The standard InChI is InChI=1S/C18H24N2O5S2/c1-3-25-18(22)13-6-8-20(9-7-13)27(23,24)14-4-5-16-15(11-14)19-17(21)10-12(2)26-16/h4-5,11-13H,3,6-10H2,1-2H3,(H,19,21)/t12-/m0/s1. The van der Waals surface area contributed by atoms with Crippen LogP contribution in [0.5, 0.6) is 0 Å². The second kappa shape index (κ2) is 8.20. The van der Waals surface area contributed by atoms with Crippen LogP contribution >= 0.6 is 11.8 Å². The summed E-state index contributed by atoms with van der Waals surface area (Å²) in [5, 5.41) is 2.94. The van der Waals surface area contributed by atoms with Crippen molar-refractivity contribution in [2.75, 3.05) is 25.0 Å². The van der Waals surface area contributed by atoms with Crippen LogP contribution in [0.1, 0.15) is 33.1 Å². The Morgan fingerprint density at radius 2 is 2.04 bits per heavy atom. The third-order valence-corrected chi connectivity index (χ3v) is 7.81. The summed E-state index contributed by atoms with van der Waals surface area (Å²) in [5.41, 5.74) is 0.539. The maximum absolute atomic E-state index is 13.0. The molecule has 1 aromatic rings. The lowest BCUT2D eigenvalue weighted by atomic mass is 9.98. The van der Waals surface area contributed by atoms with E-state index in [4.69, 9.17) is 4.74 Å². The van der Waals surface area contributed by atoms with Crippen LogP contribution in [0, 0.1) is 5.92 Å². The summed E-state index contributed by atoms with van der Waals surface area (Å²) in [7, 11) is -3.68. The number of anilines is 1. The second-order valence-corrected chi connectivity index (χ2v) is 10.2. The summed E-state index contributed by atoms with van der Waals surface area (Å²) in [5.74, 6) is -0.618. The van der Waals surface area contributed by atoms with Gasteiger partial charge in [0, 0.05) is 29.7 Å². The highest BCUT2D eigenvalue weighted by molar-refractivity contribution is 8.00. The molecule has 0 bridgehead atoms. The lowest BCUT2D eigenvalue weighted by Gasteiger charge is -2.30. The molecule has 1 atom stereocenters. The predicted octanol–water partition coefficient (Wildman–Crippen LogP) is 2.47. The molecule has 7 nitrogen and oxygen atoms in total. The molecule has 1 saturated heterocycles. The quantitative estimate of drug-likeness (QED) is 0.764. The van der Waals surface area contributed by atoms with Crippen molar-refractivity contribution in [2.24, 2.45) is 5.92 Å². The first-order chi connectivity index (χ1) is 12.8. The number of hydrogen-bond acceptors (Lipinski definition) is 6. The van der Waals surface area contributed by atoms with Crippen molar-refractivity contribution in [1.29, 1.82) is 0 Å². The van der Waals surface area contributed by atoms with Crippen LogP contribution in [0.3, 0.4) is 0 Å². The summed E-state index contributed by atoms with van der Waals surface area (Å²) in [6.45, 7) is 4.61. The average Bonchev–Trinajstić information content (AvgIpc) is 2.77. The smallest absolute Gasteiger partial charge is 0.309 e. The zero-order chi connectivity index (χ0) is 19.6. The number of benzene rings is 1. The lowest BCUT2D eigenvalue weighted by Crippen LogP contribution is -2.40. The van der Waals surface area contributed by atoms with Crippen LogP contribution in [0.15, 0.2) is 28.0 Å². The number of nitrogens with one attached hydrogen (secondary N) is 1. The molecular formula is C18H24N2O5S2. The van der Waals surface area contributed by atoms with Gasteiger partial charge >= 0.3 is 5.97 Å². The third-order valence-electron chi connectivity index (χ3n) is 4.74. The van der Waals surface area contributed by atoms with E-state index in [2.05, 4.69) is 5.32 Å². The number of amides is 1. The third kappa shape index (κ3) is 4.47. The molecule has 1 amide bonds. The summed E-state index contributed by atoms with van der Waals surface area (Å²) >= 11 is 1.56. The van der Waals surface area contributed by atoms with E-state index < -0.39 is 10.0 Å². The Kier molecular flexibility index (Phi) is 6.12. The van der Waals surface area contributed by atoms with Crippen molar-refractivity contribution in [3.63, 3.8) is 0 Å². The molecule has 9 heteroatoms. The van der Waals surface area contributed by atoms with Crippen LogP contribution in [0.25, 0.3) is 0 Å². The van der Waals surface area contributed by atoms with E-state index in [-0.39, 0.29) is 41.0 Å². The average molecular weight is 413 g/mol. The maximum atomic E-state index is 13.0. The van der Waals surface area contributed by atoms with Crippen molar-refractivity contribution < 1.29 is 22.7 Å². The van der Waals surface area contributed by atoms with Gasteiger partial charge in [-0.1, -0.05) is 6.92 Å². The molecule has 1 fully saturated rings. The van der Waals surface area contributed by atoms with Crippen molar-refractivity contribution in [3.8, 4) is 0 Å². The largest absolute Gasteiger partial charge is 0.466 e. The molecule has 27 heavy (non-hydrogen) atoms. The Bertz CT molecular complexity index is 832. The van der Waals surface area contributed by atoms with E-state index in [0.29, 0.717) is 31.6 Å². The van der Waals surface area contributed by atoms with Crippen LogP contribution in [0.2, 0.25) is 0 Å². The van der Waals surface area contributed by atoms with E-state index >= 15 is 0 Å². The van der Waals surface area contributed by atoms with Gasteiger partial charge in [-0.05, 0) is 38.0 Å². The van der Waals surface area contributed by atoms with Gasteiger partial charge in [0.1, 0.15) is 0 Å². The molecule has 0 spiro atoms. The molecule has 0 unspecified atom stereocenters. The highest BCUT2D eigenvalue weighted by Crippen LogP contribution is 2.37. The number of carbonyl (C=O) groups is 2. The molecular weight excluding hydrogens is 388 g/mol. The maximum Gasteiger partial charge on any atom is 0.309 e. The van der Waals surface area contributed by atoms with Gasteiger partial charge in [-0.3, -0.25) is 9.59 Å². The minimum Gasteiger partial charge on any atom is -0.466 e. The Labute approximate surface area is 163 Å². The molecule has 1 N–H and O–H groups in total. The van der Waals surface area contributed by atoms with Crippen molar-refractivity contribution in [3.05, 3.63) is 18.2 Å². The minimum absolute atomic E-state index is 0.112. The molecule has 3 rings (SSSR count). The van der Waals surface area contributed by atoms with Crippen molar-refractivity contribution >= 4 is 39.3 Å². The summed E-state index contributed by atoms with van der Waals surface area (Å²) in [6.07, 6.45) is 1.29. The molecule has 0 aliphatic carbocycles. The zero-order valence-corrected chi connectivity index (χ0v) is 17.1. The van der Waals surface area contributed by atoms with Crippen LogP contribution < -0.4 is 5.32 Å². The van der Waals surface area contributed by atoms with Gasteiger partial charge in [0.2, 0.25) is 15.9 Å². The predicted molar refractivity (Wildman–Crippen MR) is 103 cm³/mol. The van der Waals surface area contributed by atoms with Crippen LogP contribution in [0.4, 0.5) is 5.69 Å². The van der Waals surface area contributed by atoms with E-state index in [9.17, 15) is 18.0 Å². The van der Waals surface area contributed by atoms with Gasteiger partial charge < -0.3 is 10.1 Å². The molecule has 0 aromatic heterocycles. The number of thioether (sulfide) groups is 1. The van der Waals surface area contributed by atoms with Gasteiger partial charge in [0.25, 0.3) is 0 Å². The first-order valence-corrected chi connectivity index (χ1v) is 11.4. The van der Waals surface area contributed by atoms with Gasteiger partial charge in [-0.25, -0.2) is 8.42 Å².